The first-order valence-corrected chi connectivity index (χ1v) is 10.2. The van der Waals surface area contributed by atoms with Crippen LogP contribution in [0.25, 0.3) is 0 Å². The number of nitrogens with zero attached hydrogens (tertiary/aromatic N) is 4. The summed E-state index contributed by atoms with van der Waals surface area (Å²) in [6.45, 7) is 0. The van der Waals surface area contributed by atoms with Crippen LogP contribution in [-0.2, 0) is 0 Å². The molecule has 4 N–H and O–H groups in total. The molecular formula is C23H20ClN7O2. The molecule has 0 aliphatic heterocycles. The molecule has 0 saturated heterocycles. The number of hydrazone groups is 1. The molecule has 0 fully saturated rings. The average molecular weight is 462 g/mol. The van der Waals surface area contributed by atoms with Gasteiger partial charge in [0.15, 0.2) is 11.5 Å². The van der Waals surface area contributed by atoms with Gasteiger partial charge in [0.25, 0.3) is 0 Å². The Hall–Kier alpha value is -4.37. The van der Waals surface area contributed by atoms with E-state index in [1.165, 1.54) is 13.3 Å². The van der Waals surface area contributed by atoms with Crippen LogP contribution in [0.1, 0.15) is 5.56 Å². The van der Waals surface area contributed by atoms with Crippen molar-refractivity contribution >= 4 is 47.0 Å². The SMILES string of the molecule is COc1cc(/C=N\Nc2nc(Nc3ccccc3)nc(Nc3ccccc3)n2)cc(Cl)c1O. The van der Waals surface area contributed by atoms with Crippen molar-refractivity contribution in [1.82, 2.24) is 15.0 Å². The Bertz CT molecular complexity index is 1190. The Balaban J connectivity index is 1.58. The van der Waals surface area contributed by atoms with Crippen LogP contribution in [0.5, 0.6) is 11.5 Å². The van der Waals surface area contributed by atoms with E-state index in [1.807, 2.05) is 60.7 Å². The van der Waals surface area contributed by atoms with E-state index in [1.54, 1.807) is 12.1 Å². The van der Waals surface area contributed by atoms with E-state index in [9.17, 15) is 5.11 Å². The van der Waals surface area contributed by atoms with Gasteiger partial charge in [0.2, 0.25) is 17.8 Å². The Morgan fingerprint density at radius 2 is 1.39 bits per heavy atom. The highest BCUT2D eigenvalue weighted by molar-refractivity contribution is 6.32. The van der Waals surface area contributed by atoms with E-state index < -0.39 is 0 Å². The highest BCUT2D eigenvalue weighted by Crippen LogP contribution is 2.34. The Morgan fingerprint density at radius 3 is 1.94 bits per heavy atom. The fraction of sp³-hybridized carbons (Fsp3) is 0.0435. The Labute approximate surface area is 195 Å². The molecule has 0 radical (unpaired) electrons. The normalized spacial score (nSPS) is 10.7. The van der Waals surface area contributed by atoms with E-state index in [0.29, 0.717) is 17.5 Å². The lowest BCUT2D eigenvalue weighted by atomic mass is 10.2. The molecule has 0 bridgehead atoms. The smallest absolute Gasteiger partial charge is 0.250 e. The van der Waals surface area contributed by atoms with Crippen LogP contribution < -0.4 is 20.8 Å². The molecule has 0 saturated carbocycles. The third-order valence-corrected chi connectivity index (χ3v) is 4.63. The molecular weight excluding hydrogens is 442 g/mol. The van der Waals surface area contributed by atoms with E-state index in [-0.39, 0.29) is 22.5 Å². The molecule has 33 heavy (non-hydrogen) atoms. The van der Waals surface area contributed by atoms with Gasteiger partial charge in [-0.1, -0.05) is 48.0 Å². The van der Waals surface area contributed by atoms with E-state index in [2.05, 4.69) is 36.1 Å². The van der Waals surface area contributed by atoms with Crippen molar-refractivity contribution < 1.29 is 9.84 Å². The number of halogens is 1. The van der Waals surface area contributed by atoms with Gasteiger partial charge in [-0.3, -0.25) is 0 Å². The van der Waals surface area contributed by atoms with Gasteiger partial charge < -0.3 is 20.5 Å². The predicted molar refractivity (Wildman–Crippen MR) is 130 cm³/mol. The van der Waals surface area contributed by atoms with Gasteiger partial charge in [-0.05, 0) is 42.0 Å². The molecule has 4 aromatic rings. The maximum Gasteiger partial charge on any atom is 0.250 e. The number of aromatic hydroxyl groups is 1. The number of aromatic nitrogens is 3. The zero-order chi connectivity index (χ0) is 23.0. The van der Waals surface area contributed by atoms with E-state index >= 15 is 0 Å². The first kappa shape index (κ1) is 21.8. The molecule has 0 aliphatic rings. The predicted octanol–water partition coefficient (Wildman–Crippen LogP) is 5.17. The second-order valence-corrected chi connectivity index (χ2v) is 7.12. The van der Waals surface area contributed by atoms with Gasteiger partial charge >= 0.3 is 0 Å². The van der Waals surface area contributed by atoms with Crippen LogP contribution in [0.15, 0.2) is 77.9 Å². The summed E-state index contributed by atoms with van der Waals surface area (Å²) in [5, 5.41) is 20.5. The minimum Gasteiger partial charge on any atom is -0.503 e. The van der Waals surface area contributed by atoms with Crippen LogP contribution in [0.4, 0.5) is 29.2 Å². The number of ether oxygens (including phenoxy) is 1. The number of hydrogen-bond donors (Lipinski definition) is 4. The van der Waals surface area contributed by atoms with Crippen molar-refractivity contribution in [2.75, 3.05) is 23.2 Å². The van der Waals surface area contributed by atoms with Crippen LogP contribution >= 0.6 is 11.6 Å². The van der Waals surface area contributed by atoms with E-state index in [0.717, 1.165) is 11.4 Å². The second-order valence-electron chi connectivity index (χ2n) is 6.71. The standard InChI is InChI=1S/C23H20ClN7O2/c1-33-19-13-15(12-18(24)20(19)32)14-25-31-23-29-21(26-16-8-4-2-5-9-16)28-22(30-23)27-17-10-6-3-7-11-17/h2-14,32H,1H3,(H3,26,27,28,29,30,31)/b25-14-. The molecule has 4 rings (SSSR count). The van der Waals surface area contributed by atoms with Crippen molar-refractivity contribution in [1.29, 1.82) is 0 Å². The maximum absolute atomic E-state index is 9.87. The van der Waals surface area contributed by atoms with Crippen molar-refractivity contribution in [3.8, 4) is 11.5 Å². The van der Waals surface area contributed by atoms with Crippen molar-refractivity contribution in [2.24, 2.45) is 5.10 Å². The molecule has 3 aromatic carbocycles. The number of benzene rings is 3. The summed E-state index contributed by atoms with van der Waals surface area (Å²) < 4.78 is 5.11. The fourth-order valence-corrected chi connectivity index (χ4v) is 3.05. The number of nitrogens with one attached hydrogen (secondary N) is 3. The lowest BCUT2D eigenvalue weighted by molar-refractivity contribution is 0.373. The maximum atomic E-state index is 9.87. The van der Waals surface area contributed by atoms with Crippen LogP contribution in [0, 0.1) is 0 Å². The fourth-order valence-electron chi connectivity index (χ4n) is 2.83. The Morgan fingerprint density at radius 1 is 0.848 bits per heavy atom. The lowest BCUT2D eigenvalue weighted by Crippen LogP contribution is -2.07. The van der Waals surface area contributed by atoms with Gasteiger partial charge in [-0.25, -0.2) is 5.43 Å². The van der Waals surface area contributed by atoms with Crippen molar-refractivity contribution in [3.05, 3.63) is 83.4 Å². The summed E-state index contributed by atoms with van der Waals surface area (Å²) in [4.78, 5) is 13.2. The van der Waals surface area contributed by atoms with Gasteiger partial charge in [-0.15, -0.1) is 0 Å². The number of para-hydroxylation sites is 2. The van der Waals surface area contributed by atoms with Gasteiger partial charge in [0, 0.05) is 11.4 Å². The monoisotopic (exact) mass is 461 g/mol. The molecule has 0 aliphatic carbocycles. The van der Waals surface area contributed by atoms with Gasteiger partial charge in [-0.2, -0.15) is 20.1 Å². The third kappa shape index (κ3) is 5.86. The zero-order valence-electron chi connectivity index (χ0n) is 17.5. The zero-order valence-corrected chi connectivity index (χ0v) is 18.3. The number of methoxy groups -OCH3 is 1. The minimum atomic E-state index is -0.130. The van der Waals surface area contributed by atoms with Crippen LogP contribution in [-0.4, -0.2) is 33.4 Å². The Kier molecular flexibility index (Phi) is 6.81. The topological polar surface area (TPSA) is 117 Å². The molecule has 1 aromatic heterocycles. The largest absolute Gasteiger partial charge is 0.503 e. The van der Waals surface area contributed by atoms with Gasteiger partial charge in [0.05, 0.1) is 18.3 Å². The number of hydrogen-bond acceptors (Lipinski definition) is 9. The third-order valence-electron chi connectivity index (χ3n) is 4.34. The average Bonchev–Trinajstić information content (AvgIpc) is 2.82. The molecule has 0 atom stereocenters. The minimum absolute atomic E-state index is 0.130. The highest BCUT2D eigenvalue weighted by atomic mass is 35.5. The van der Waals surface area contributed by atoms with Crippen molar-refractivity contribution in [2.45, 2.75) is 0 Å². The summed E-state index contributed by atoms with van der Waals surface area (Å²) >= 11 is 6.03. The summed E-state index contributed by atoms with van der Waals surface area (Å²) in [5.41, 5.74) is 5.07. The summed E-state index contributed by atoms with van der Waals surface area (Å²) in [5.74, 6) is 1.00. The van der Waals surface area contributed by atoms with Crippen molar-refractivity contribution in [3.63, 3.8) is 0 Å². The summed E-state index contributed by atoms with van der Waals surface area (Å²) in [6, 6.07) is 22.3. The number of phenolic OH excluding ortho intramolecular Hbond substituents is 1. The quantitative estimate of drug-likeness (QED) is 0.210. The molecule has 9 nitrogen and oxygen atoms in total. The summed E-state index contributed by atoms with van der Waals surface area (Å²) in [7, 11) is 1.44. The molecule has 0 unspecified atom stereocenters. The van der Waals surface area contributed by atoms with Gasteiger partial charge in [0.1, 0.15) is 0 Å². The first-order chi connectivity index (χ1) is 16.1. The number of rotatable bonds is 8. The number of anilines is 5. The molecule has 0 spiro atoms. The van der Waals surface area contributed by atoms with Crippen LogP contribution in [0.3, 0.4) is 0 Å². The first-order valence-electron chi connectivity index (χ1n) is 9.86. The van der Waals surface area contributed by atoms with E-state index in [4.69, 9.17) is 16.3 Å². The second kappa shape index (κ2) is 10.3. The molecule has 10 heteroatoms. The molecule has 0 amide bonds. The summed E-state index contributed by atoms with van der Waals surface area (Å²) in [6.07, 6.45) is 1.51. The molecule has 1 heterocycles. The highest BCUT2D eigenvalue weighted by Gasteiger charge is 2.09. The lowest BCUT2D eigenvalue weighted by Gasteiger charge is -2.10. The molecule has 166 valence electrons. The number of phenols is 1. The van der Waals surface area contributed by atoms with Crippen LogP contribution in [0.2, 0.25) is 5.02 Å².